The molecule has 33 heavy (non-hydrogen) atoms. The second kappa shape index (κ2) is 12.6. The number of amides is 2. The van der Waals surface area contributed by atoms with Gasteiger partial charge in [-0.3, -0.25) is 9.59 Å². The third-order valence-corrected chi connectivity index (χ3v) is 16.6. The summed E-state index contributed by atoms with van der Waals surface area (Å²) < 4.78 is 13.2. The maximum absolute atomic E-state index is 13.4. The minimum absolute atomic E-state index is 0.0287. The van der Waals surface area contributed by atoms with Gasteiger partial charge in [0.15, 0.2) is 16.6 Å². The van der Waals surface area contributed by atoms with Gasteiger partial charge in [0, 0.05) is 37.3 Å². The molecule has 0 saturated carbocycles. The van der Waals surface area contributed by atoms with Gasteiger partial charge in [-0.25, -0.2) is 0 Å². The molecule has 2 amide bonds. The Bertz CT molecular complexity index is 641. The fraction of sp³-hybridized carbons (Fsp3) is 0.917. The molecule has 196 valence electrons. The SMILES string of the molecule is CSCCNC(=O)CCNC(=O)C(O[Si](C)(C)C(C)(C)C)C(C)(C)CO[Si](C)(C)C(C)(C)C. The average molecular weight is 521 g/mol. The Morgan fingerprint density at radius 2 is 1.36 bits per heavy atom. The molecule has 6 nitrogen and oxygen atoms in total. The van der Waals surface area contributed by atoms with Gasteiger partial charge in [0.2, 0.25) is 11.8 Å². The molecular formula is C24H52N2O4SSi2. The molecule has 0 radical (unpaired) electrons. The van der Waals surface area contributed by atoms with Gasteiger partial charge >= 0.3 is 0 Å². The van der Waals surface area contributed by atoms with Crippen LogP contribution in [-0.4, -0.2) is 66.3 Å². The predicted octanol–water partition coefficient (Wildman–Crippen LogP) is 5.41. The van der Waals surface area contributed by atoms with Gasteiger partial charge in [0.25, 0.3) is 0 Å². The molecule has 0 rings (SSSR count). The molecule has 0 heterocycles. The molecule has 1 atom stereocenters. The molecule has 0 aromatic carbocycles. The van der Waals surface area contributed by atoms with E-state index in [2.05, 4.69) is 78.4 Å². The molecule has 1 unspecified atom stereocenters. The summed E-state index contributed by atoms with van der Waals surface area (Å²) in [4.78, 5) is 25.4. The molecular weight excluding hydrogens is 469 g/mol. The monoisotopic (exact) mass is 520 g/mol. The van der Waals surface area contributed by atoms with Gasteiger partial charge in [-0.15, -0.1) is 0 Å². The summed E-state index contributed by atoms with van der Waals surface area (Å²) in [7, 11) is -4.20. The van der Waals surface area contributed by atoms with Crippen molar-refractivity contribution >= 4 is 40.2 Å². The smallest absolute Gasteiger partial charge is 0.248 e. The minimum Gasteiger partial charge on any atom is -0.416 e. The van der Waals surface area contributed by atoms with Crippen molar-refractivity contribution in [2.45, 2.75) is 104 Å². The highest BCUT2D eigenvalue weighted by Crippen LogP contribution is 2.41. The van der Waals surface area contributed by atoms with E-state index in [4.69, 9.17) is 8.85 Å². The van der Waals surface area contributed by atoms with Crippen molar-refractivity contribution < 1.29 is 18.4 Å². The number of hydrogen-bond acceptors (Lipinski definition) is 5. The van der Waals surface area contributed by atoms with Crippen molar-refractivity contribution in [1.29, 1.82) is 0 Å². The molecule has 0 spiro atoms. The highest BCUT2D eigenvalue weighted by Gasteiger charge is 2.47. The topological polar surface area (TPSA) is 76.7 Å². The van der Waals surface area contributed by atoms with E-state index in [0.717, 1.165) is 5.75 Å². The normalized spacial score (nSPS) is 14.7. The van der Waals surface area contributed by atoms with Crippen LogP contribution in [0, 0.1) is 5.41 Å². The standard InChI is InChI=1S/C24H52N2O4SSi2/c1-22(2,3)32(10,11)29-18-24(7,8)20(30-33(12,13)23(4,5)6)21(28)26-15-14-19(27)25-16-17-31-9/h20H,14-18H2,1-13H3,(H,25,27)(H,26,28). The van der Waals surface area contributed by atoms with Gasteiger partial charge in [-0.05, 0) is 42.5 Å². The Labute approximate surface area is 210 Å². The van der Waals surface area contributed by atoms with E-state index >= 15 is 0 Å². The molecule has 2 N–H and O–H groups in total. The first-order valence-electron chi connectivity index (χ1n) is 12.0. The number of nitrogens with one attached hydrogen (secondary N) is 2. The van der Waals surface area contributed by atoms with Crippen LogP contribution in [0.1, 0.15) is 61.8 Å². The van der Waals surface area contributed by atoms with Crippen molar-refractivity contribution in [1.82, 2.24) is 10.6 Å². The largest absolute Gasteiger partial charge is 0.416 e. The Balaban J connectivity index is 5.47. The molecule has 0 aromatic rings. The molecule has 9 heteroatoms. The van der Waals surface area contributed by atoms with Crippen LogP contribution in [0.25, 0.3) is 0 Å². The zero-order valence-corrected chi connectivity index (χ0v) is 26.5. The molecule has 0 aliphatic heterocycles. The van der Waals surface area contributed by atoms with E-state index in [-0.39, 0.29) is 28.3 Å². The summed E-state index contributed by atoms with van der Waals surface area (Å²) >= 11 is 1.69. The lowest BCUT2D eigenvalue weighted by Gasteiger charge is -2.45. The summed E-state index contributed by atoms with van der Waals surface area (Å²) in [6.45, 7) is 27.4. The number of hydrogen-bond donors (Lipinski definition) is 2. The quantitative estimate of drug-likeness (QED) is 0.251. The highest BCUT2D eigenvalue weighted by atomic mass is 32.2. The summed E-state index contributed by atoms with van der Waals surface area (Å²) in [5.74, 6) is 0.662. The van der Waals surface area contributed by atoms with Crippen molar-refractivity contribution in [3.8, 4) is 0 Å². The van der Waals surface area contributed by atoms with Crippen molar-refractivity contribution in [2.24, 2.45) is 5.41 Å². The van der Waals surface area contributed by atoms with Crippen LogP contribution in [0.5, 0.6) is 0 Å². The van der Waals surface area contributed by atoms with E-state index < -0.39 is 28.2 Å². The van der Waals surface area contributed by atoms with Crippen molar-refractivity contribution in [3.05, 3.63) is 0 Å². The number of carbonyl (C=O) groups excluding carboxylic acids is 2. The number of thioether (sulfide) groups is 1. The van der Waals surface area contributed by atoms with Crippen LogP contribution in [0.3, 0.4) is 0 Å². The summed E-state index contributed by atoms with van der Waals surface area (Å²) in [6.07, 6.45) is 1.61. The Morgan fingerprint density at radius 3 is 1.82 bits per heavy atom. The molecule has 0 aliphatic carbocycles. The zero-order valence-electron chi connectivity index (χ0n) is 23.7. The Kier molecular flexibility index (Phi) is 12.4. The fourth-order valence-electron chi connectivity index (χ4n) is 2.47. The van der Waals surface area contributed by atoms with Crippen LogP contribution in [0.4, 0.5) is 0 Å². The highest BCUT2D eigenvalue weighted by molar-refractivity contribution is 7.98. The van der Waals surface area contributed by atoms with E-state index in [0.29, 0.717) is 19.7 Å². The molecule has 0 bridgehead atoms. The van der Waals surface area contributed by atoms with Gasteiger partial charge in [0.1, 0.15) is 6.10 Å². The maximum Gasteiger partial charge on any atom is 0.248 e. The molecule has 0 aliphatic rings. The van der Waals surface area contributed by atoms with Crippen LogP contribution in [0.2, 0.25) is 36.3 Å². The van der Waals surface area contributed by atoms with E-state index in [1.54, 1.807) is 11.8 Å². The van der Waals surface area contributed by atoms with Gasteiger partial charge in [-0.2, -0.15) is 11.8 Å². The van der Waals surface area contributed by atoms with E-state index in [1.165, 1.54) is 0 Å². The second-order valence-corrected chi connectivity index (χ2v) is 23.2. The van der Waals surface area contributed by atoms with E-state index in [1.807, 2.05) is 20.1 Å². The second-order valence-electron chi connectivity index (χ2n) is 12.7. The summed E-state index contributed by atoms with van der Waals surface area (Å²) in [6, 6.07) is 0. The van der Waals surface area contributed by atoms with Crippen LogP contribution in [-0.2, 0) is 18.4 Å². The van der Waals surface area contributed by atoms with Gasteiger partial charge in [-0.1, -0.05) is 55.4 Å². The first-order valence-corrected chi connectivity index (χ1v) is 19.2. The molecule has 0 aromatic heterocycles. The molecule has 0 saturated heterocycles. The summed E-state index contributed by atoms with van der Waals surface area (Å²) in [5.41, 5.74) is -0.518. The fourth-order valence-corrected chi connectivity index (χ4v) is 5.31. The average Bonchev–Trinajstić information content (AvgIpc) is 2.63. The van der Waals surface area contributed by atoms with Crippen molar-refractivity contribution in [3.63, 3.8) is 0 Å². The van der Waals surface area contributed by atoms with Crippen LogP contribution in [0.15, 0.2) is 0 Å². The van der Waals surface area contributed by atoms with Crippen molar-refractivity contribution in [2.75, 3.05) is 31.7 Å². The van der Waals surface area contributed by atoms with E-state index in [9.17, 15) is 9.59 Å². The molecule has 0 fully saturated rings. The summed E-state index contributed by atoms with van der Waals surface area (Å²) in [5, 5.41) is 5.89. The third kappa shape index (κ3) is 10.8. The lowest BCUT2D eigenvalue weighted by Crippen LogP contribution is -2.56. The third-order valence-electron chi connectivity index (χ3n) is 7.06. The van der Waals surface area contributed by atoms with Gasteiger partial charge in [0.05, 0.1) is 0 Å². The number of carbonyl (C=O) groups is 2. The lowest BCUT2D eigenvalue weighted by molar-refractivity contribution is -0.135. The number of rotatable bonds is 13. The van der Waals surface area contributed by atoms with Crippen LogP contribution < -0.4 is 10.6 Å². The van der Waals surface area contributed by atoms with Crippen LogP contribution >= 0.6 is 11.8 Å². The zero-order chi connectivity index (χ0) is 26.3. The van der Waals surface area contributed by atoms with Gasteiger partial charge < -0.3 is 19.5 Å². The maximum atomic E-state index is 13.4. The predicted molar refractivity (Wildman–Crippen MR) is 148 cm³/mol. The minimum atomic E-state index is -2.22. The Morgan fingerprint density at radius 1 is 0.848 bits per heavy atom. The lowest BCUT2D eigenvalue weighted by atomic mass is 9.87. The first-order chi connectivity index (χ1) is 14.7. The Hall–Kier alpha value is -0.356. The first kappa shape index (κ1) is 32.6.